The Labute approximate surface area is 169 Å². The molecule has 2 aromatic heterocycles. The lowest BCUT2D eigenvalue weighted by molar-refractivity contribution is 0.102. The molecular formula is C20H14ClFN4OS. The highest BCUT2D eigenvalue weighted by molar-refractivity contribution is 7.14. The maximum Gasteiger partial charge on any atom is 0.262 e. The molecular weight excluding hydrogens is 399 g/mol. The Kier molecular flexibility index (Phi) is 4.93. The summed E-state index contributed by atoms with van der Waals surface area (Å²) < 4.78 is 14.6. The Balaban J connectivity index is 1.58. The molecule has 5 nitrogen and oxygen atoms in total. The second-order valence-corrected chi connectivity index (χ2v) is 7.21. The molecule has 0 aliphatic carbocycles. The smallest absolute Gasteiger partial charge is 0.262 e. The number of amides is 1. The number of aromatic nitrogens is 3. The first kappa shape index (κ1) is 18.3. The van der Waals surface area contributed by atoms with Gasteiger partial charge in [-0.3, -0.25) is 10.1 Å². The minimum atomic E-state index is -0.385. The molecule has 4 aromatic rings. The van der Waals surface area contributed by atoms with E-state index in [1.165, 1.54) is 28.2 Å². The van der Waals surface area contributed by atoms with E-state index in [0.29, 0.717) is 22.1 Å². The Hall–Kier alpha value is -3.03. The van der Waals surface area contributed by atoms with Gasteiger partial charge in [0.05, 0.1) is 17.1 Å². The lowest BCUT2D eigenvalue weighted by Gasteiger charge is -2.03. The van der Waals surface area contributed by atoms with E-state index < -0.39 is 0 Å². The number of nitrogens with one attached hydrogen (secondary N) is 1. The average Bonchev–Trinajstić information content (AvgIpc) is 3.27. The van der Waals surface area contributed by atoms with E-state index in [-0.39, 0.29) is 16.9 Å². The summed E-state index contributed by atoms with van der Waals surface area (Å²) in [7, 11) is 0. The number of anilines is 1. The third-order valence-electron chi connectivity index (χ3n) is 4.10. The largest absolute Gasteiger partial charge is 0.298 e. The topological polar surface area (TPSA) is 59.8 Å². The second kappa shape index (κ2) is 7.53. The van der Waals surface area contributed by atoms with Gasteiger partial charge in [-0.25, -0.2) is 14.1 Å². The van der Waals surface area contributed by atoms with Crippen LogP contribution in [-0.4, -0.2) is 20.7 Å². The van der Waals surface area contributed by atoms with Crippen LogP contribution >= 0.6 is 22.9 Å². The lowest BCUT2D eigenvalue weighted by Crippen LogP contribution is -2.13. The van der Waals surface area contributed by atoms with Gasteiger partial charge in [-0.2, -0.15) is 5.10 Å². The van der Waals surface area contributed by atoms with E-state index in [4.69, 9.17) is 11.6 Å². The monoisotopic (exact) mass is 412 g/mol. The van der Waals surface area contributed by atoms with E-state index in [9.17, 15) is 9.18 Å². The van der Waals surface area contributed by atoms with E-state index in [2.05, 4.69) is 15.4 Å². The summed E-state index contributed by atoms with van der Waals surface area (Å²) in [4.78, 5) is 17.2. The number of carbonyl (C=O) groups is 1. The van der Waals surface area contributed by atoms with Gasteiger partial charge in [-0.15, -0.1) is 11.3 Å². The number of carbonyl (C=O) groups excluding carboxylic acids is 1. The van der Waals surface area contributed by atoms with Crippen LogP contribution in [-0.2, 0) is 0 Å². The van der Waals surface area contributed by atoms with Gasteiger partial charge >= 0.3 is 0 Å². The molecule has 0 fully saturated rings. The van der Waals surface area contributed by atoms with E-state index in [1.54, 1.807) is 24.4 Å². The molecule has 8 heteroatoms. The van der Waals surface area contributed by atoms with Gasteiger partial charge in [-0.05, 0) is 43.3 Å². The van der Waals surface area contributed by atoms with Crippen molar-refractivity contribution < 1.29 is 9.18 Å². The van der Waals surface area contributed by atoms with Crippen molar-refractivity contribution in [1.29, 1.82) is 0 Å². The molecule has 0 spiro atoms. The molecule has 4 rings (SSSR count). The number of hydrogen-bond acceptors (Lipinski definition) is 4. The highest BCUT2D eigenvalue weighted by Gasteiger charge is 2.22. The number of para-hydroxylation sites is 1. The fourth-order valence-corrected chi connectivity index (χ4v) is 3.81. The van der Waals surface area contributed by atoms with Gasteiger partial charge in [0.25, 0.3) is 5.91 Å². The first-order valence-electron chi connectivity index (χ1n) is 8.36. The van der Waals surface area contributed by atoms with Gasteiger partial charge in [0, 0.05) is 10.9 Å². The van der Waals surface area contributed by atoms with Crippen molar-refractivity contribution in [2.75, 3.05) is 5.32 Å². The molecule has 2 heterocycles. The minimum absolute atomic E-state index is 0.233. The Morgan fingerprint density at radius 2 is 1.86 bits per heavy atom. The molecule has 0 unspecified atom stereocenters. The van der Waals surface area contributed by atoms with Crippen LogP contribution in [0.5, 0.6) is 0 Å². The Morgan fingerprint density at radius 3 is 2.57 bits per heavy atom. The van der Waals surface area contributed by atoms with Gasteiger partial charge in [0.2, 0.25) is 0 Å². The molecule has 1 N–H and O–H groups in total. The van der Waals surface area contributed by atoms with E-state index in [0.717, 1.165) is 11.3 Å². The van der Waals surface area contributed by atoms with Gasteiger partial charge < -0.3 is 0 Å². The van der Waals surface area contributed by atoms with Crippen molar-refractivity contribution >= 4 is 34.0 Å². The summed E-state index contributed by atoms with van der Waals surface area (Å²) in [6.45, 7) is 1.73. The molecule has 0 saturated heterocycles. The number of aryl methyl sites for hydroxylation is 1. The molecule has 28 heavy (non-hydrogen) atoms. The standard InChI is InChI=1S/C20H14ClFN4OS/c1-12-17(18(21)26(25-12)15-5-3-2-4-6-15)19(27)24-20-23-16(11-28-20)13-7-9-14(22)10-8-13/h2-11H,1H3,(H,23,24,27). The van der Waals surface area contributed by atoms with E-state index >= 15 is 0 Å². The van der Waals surface area contributed by atoms with Crippen LogP contribution in [0, 0.1) is 12.7 Å². The number of rotatable bonds is 4. The maximum absolute atomic E-state index is 13.1. The molecule has 0 bridgehead atoms. The van der Waals surface area contributed by atoms with Crippen molar-refractivity contribution in [3.8, 4) is 16.9 Å². The highest BCUT2D eigenvalue weighted by atomic mass is 35.5. The zero-order valence-electron chi connectivity index (χ0n) is 14.7. The van der Waals surface area contributed by atoms with Gasteiger partial charge in [0.1, 0.15) is 16.5 Å². The third kappa shape index (κ3) is 3.54. The molecule has 140 valence electrons. The summed E-state index contributed by atoms with van der Waals surface area (Å²) in [5, 5.41) is 9.59. The summed E-state index contributed by atoms with van der Waals surface area (Å²) in [5.41, 5.74) is 3.00. The fourth-order valence-electron chi connectivity index (χ4n) is 2.74. The number of halogens is 2. The molecule has 0 atom stereocenters. The fraction of sp³-hybridized carbons (Fsp3) is 0.0500. The average molecular weight is 413 g/mol. The molecule has 0 aliphatic rings. The van der Waals surface area contributed by atoms with Crippen molar-refractivity contribution in [3.05, 3.63) is 82.2 Å². The van der Waals surface area contributed by atoms with E-state index in [1.807, 2.05) is 30.3 Å². The lowest BCUT2D eigenvalue weighted by atomic mass is 10.2. The minimum Gasteiger partial charge on any atom is -0.298 e. The summed E-state index contributed by atoms with van der Waals surface area (Å²) >= 11 is 7.71. The normalized spacial score (nSPS) is 10.8. The van der Waals surface area contributed by atoms with Crippen LogP contribution in [0.3, 0.4) is 0 Å². The van der Waals surface area contributed by atoms with Crippen molar-refractivity contribution in [1.82, 2.24) is 14.8 Å². The predicted molar refractivity (Wildman–Crippen MR) is 109 cm³/mol. The summed E-state index contributed by atoms with van der Waals surface area (Å²) in [5.74, 6) is -0.697. The zero-order valence-corrected chi connectivity index (χ0v) is 16.3. The molecule has 0 radical (unpaired) electrons. The maximum atomic E-state index is 13.1. The van der Waals surface area contributed by atoms with Gasteiger partial charge in [-0.1, -0.05) is 29.8 Å². The highest BCUT2D eigenvalue weighted by Crippen LogP contribution is 2.28. The first-order valence-corrected chi connectivity index (χ1v) is 9.62. The van der Waals surface area contributed by atoms with Crippen LogP contribution in [0.15, 0.2) is 60.0 Å². The third-order valence-corrected chi connectivity index (χ3v) is 5.20. The van der Waals surface area contributed by atoms with Gasteiger partial charge in [0.15, 0.2) is 5.13 Å². The SMILES string of the molecule is Cc1nn(-c2ccccc2)c(Cl)c1C(=O)Nc1nc(-c2ccc(F)cc2)cs1. The number of nitrogens with zero attached hydrogens (tertiary/aromatic N) is 3. The van der Waals surface area contributed by atoms with Crippen LogP contribution in [0.25, 0.3) is 16.9 Å². The zero-order chi connectivity index (χ0) is 19.7. The number of thiazole rings is 1. The van der Waals surface area contributed by atoms with Crippen molar-refractivity contribution in [3.63, 3.8) is 0 Å². The van der Waals surface area contributed by atoms with Crippen LogP contribution in [0.2, 0.25) is 5.15 Å². The number of benzene rings is 2. The Bertz CT molecular complexity index is 1140. The molecule has 0 saturated carbocycles. The quantitative estimate of drug-likeness (QED) is 0.491. The Morgan fingerprint density at radius 1 is 1.14 bits per heavy atom. The summed E-state index contributed by atoms with van der Waals surface area (Å²) in [6.07, 6.45) is 0. The molecule has 2 aromatic carbocycles. The van der Waals surface area contributed by atoms with Crippen molar-refractivity contribution in [2.45, 2.75) is 6.92 Å². The van der Waals surface area contributed by atoms with Crippen LogP contribution in [0.4, 0.5) is 9.52 Å². The van der Waals surface area contributed by atoms with Crippen LogP contribution in [0.1, 0.15) is 16.1 Å². The molecule has 1 amide bonds. The second-order valence-electron chi connectivity index (χ2n) is 6.00. The first-order chi connectivity index (χ1) is 13.5. The summed E-state index contributed by atoms with van der Waals surface area (Å²) in [6, 6.07) is 15.4. The molecule has 0 aliphatic heterocycles. The number of hydrogen-bond donors (Lipinski definition) is 1. The van der Waals surface area contributed by atoms with Crippen molar-refractivity contribution in [2.24, 2.45) is 0 Å². The predicted octanol–water partition coefficient (Wildman–Crippen LogP) is 5.35. The van der Waals surface area contributed by atoms with Crippen LogP contribution < -0.4 is 5.32 Å².